The second-order valence-corrected chi connectivity index (χ2v) is 4.83. The molecule has 0 radical (unpaired) electrons. The lowest BCUT2D eigenvalue weighted by molar-refractivity contribution is 0.101. The Morgan fingerprint density at radius 1 is 1.21 bits per heavy atom. The van der Waals surface area contributed by atoms with E-state index in [1.165, 1.54) is 18.6 Å². The average Bonchev–Trinajstić information content (AvgIpc) is 2.39. The van der Waals surface area contributed by atoms with Crippen LogP contribution in [0, 0.1) is 0 Å². The van der Waals surface area contributed by atoms with E-state index in [2.05, 4.69) is 24.0 Å². The van der Waals surface area contributed by atoms with Crippen LogP contribution in [0.15, 0.2) is 35.1 Å². The molecule has 0 saturated carbocycles. The molecule has 4 nitrogen and oxygen atoms in total. The third-order valence-corrected chi connectivity index (χ3v) is 3.06. The summed E-state index contributed by atoms with van der Waals surface area (Å²) in [6, 6.07) is 9.48. The Labute approximate surface area is 111 Å². The first-order chi connectivity index (χ1) is 8.99. The van der Waals surface area contributed by atoms with Crippen LogP contribution in [0.3, 0.4) is 0 Å². The maximum Gasteiger partial charge on any atom is 0.275 e. The molecule has 0 aliphatic rings. The van der Waals surface area contributed by atoms with Crippen molar-refractivity contribution in [2.75, 3.05) is 0 Å². The maximum atomic E-state index is 11.4. The van der Waals surface area contributed by atoms with Crippen molar-refractivity contribution in [3.63, 3.8) is 0 Å². The third-order valence-electron chi connectivity index (χ3n) is 3.06. The maximum absolute atomic E-state index is 11.4. The second kappa shape index (κ2) is 5.18. The van der Waals surface area contributed by atoms with Gasteiger partial charge in [-0.2, -0.15) is 5.10 Å². The molecule has 1 N–H and O–H groups in total. The van der Waals surface area contributed by atoms with Crippen LogP contribution in [-0.2, 0) is 0 Å². The third kappa shape index (κ3) is 2.78. The molecule has 0 aliphatic heterocycles. The molecule has 1 aromatic heterocycles. The van der Waals surface area contributed by atoms with Gasteiger partial charge in [0.1, 0.15) is 0 Å². The highest BCUT2D eigenvalue weighted by Crippen LogP contribution is 2.20. The van der Waals surface area contributed by atoms with Crippen molar-refractivity contribution in [3.05, 3.63) is 51.8 Å². The van der Waals surface area contributed by atoms with Gasteiger partial charge in [0.2, 0.25) is 0 Å². The van der Waals surface area contributed by atoms with Gasteiger partial charge in [0.15, 0.2) is 5.78 Å². The van der Waals surface area contributed by atoms with E-state index >= 15 is 0 Å². The molecule has 98 valence electrons. The van der Waals surface area contributed by atoms with Crippen LogP contribution in [0.1, 0.15) is 42.6 Å². The van der Waals surface area contributed by atoms with E-state index in [4.69, 9.17) is 0 Å². The van der Waals surface area contributed by atoms with Gasteiger partial charge in [-0.15, -0.1) is 0 Å². The minimum atomic E-state index is -0.449. The lowest BCUT2D eigenvalue weighted by Gasteiger charge is -2.06. The Kier molecular flexibility index (Phi) is 3.60. The predicted molar refractivity (Wildman–Crippen MR) is 74.4 cm³/mol. The van der Waals surface area contributed by atoms with E-state index in [-0.39, 0.29) is 11.3 Å². The quantitative estimate of drug-likeness (QED) is 0.859. The van der Waals surface area contributed by atoms with Gasteiger partial charge < -0.3 is 0 Å². The van der Waals surface area contributed by atoms with E-state index in [0.29, 0.717) is 11.6 Å². The number of hydrogen-bond acceptors (Lipinski definition) is 3. The predicted octanol–water partition coefficient (Wildman–Crippen LogP) is 2.76. The van der Waals surface area contributed by atoms with Crippen LogP contribution >= 0.6 is 0 Å². The molecule has 0 aliphatic carbocycles. The Hall–Kier alpha value is -2.23. The van der Waals surface area contributed by atoms with Crippen molar-refractivity contribution in [3.8, 4) is 11.3 Å². The standard InChI is InChI=1S/C15H16N2O2/c1-9(2)11-4-6-12(7-5-11)14-8-13(10(3)18)15(19)17-16-14/h4-9H,1-3H3,(H,17,19). The number of aromatic amines is 1. The molecule has 4 heteroatoms. The zero-order valence-corrected chi connectivity index (χ0v) is 11.2. The van der Waals surface area contributed by atoms with Crippen molar-refractivity contribution in [1.82, 2.24) is 10.2 Å². The molecular formula is C15H16N2O2. The Morgan fingerprint density at radius 2 is 1.84 bits per heavy atom. The minimum absolute atomic E-state index is 0.137. The SMILES string of the molecule is CC(=O)c1cc(-c2ccc(C(C)C)cc2)n[nH]c1=O. The fourth-order valence-electron chi connectivity index (χ4n) is 1.85. The number of carbonyl (C=O) groups is 1. The normalized spacial score (nSPS) is 10.7. The van der Waals surface area contributed by atoms with Gasteiger partial charge in [0.05, 0.1) is 11.3 Å². The topological polar surface area (TPSA) is 62.8 Å². The highest BCUT2D eigenvalue weighted by Gasteiger charge is 2.09. The summed E-state index contributed by atoms with van der Waals surface area (Å²) in [6.45, 7) is 5.62. The van der Waals surface area contributed by atoms with Crippen LogP contribution in [0.2, 0.25) is 0 Å². The van der Waals surface area contributed by atoms with Crippen molar-refractivity contribution in [1.29, 1.82) is 0 Å². The zero-order valence-electron chi connectivity index (χ0n) is 11.2. The summed E-state index contributed by atoms with van der Waals surface area (Å²) in [5.41, 5.74) is 2.40. The molecule has 1 heterocycles. The van der Waals surface area contributed by atoms with Gasteiger partial charge in [0, 0.05) is 5.56 Å². The molecule has 0 spiro atoms. The summed E-state index contributed by atoms with van der Waals surface area (Å²) < 4.78 is 0. The highest BCUT2D eigenvalue weighted by atomic mass is 16.1. The molecule has 2 aromatic rings. The van der Waals surface area contributed by atoms with Crippen LogP contribution < -0.4 is 5.56 Å². The number of benzene rings is 1. The monoisotopic (exact) mass is 256 g/mol. The van der Waals surface area contributed by atoms with Crippen LogP contribution in [-0.4, -0.2) is 16.0 Å². The number of rotatable bonds is 3. The Balaban J connectivity index is 2.44. The molecule has 0 unspecified atom stereocenters. The van der Waals surface area contributed by atoms with Crippen LogP contribution in [0.4, 0.5) is 0 Å². The van der Waals surface area contributed by atoms with Crippen LogP contribution in [0.5, 0.6) is 0 Å². The molecular weight excluding hydrogens is 240 g/mol. The van der Waals surface area contributed by atoms with E-state index in [9.17, 15) is 9.59 Å². The van der Waals surface area contributed by atoms with E-state index in [0.717, 1.165) is 5.56 Å². The van der Waals surface area contributed by atoms with Crippen molar-refractivity contribution < 1.29 is 4.79 Å². The van der Waals surface area contributed by atoms with E-state index in [1.807, 2.05) is 24.3 Å². The van der Waals surface area contributed by atoms with Gasteiger partial charge in [-0.25, -0.2) is 5.10 Å². The number of aromatic nitrogens is 2. The second-order valence-electron chi connectivity index (χ2n) is 4.83. The number of ketones is 1. The molecule has 19 heavy (non-hydrogen) atoms. The first kappa shape index (κ1) is 13.2. The smallest absolute Gasteiger partial charge is 0.275 e. The molecule has 0 saturated heterocycles. The van der Waals surface area contributed by atoms with E-state index in [1.54, 1.807) is 0 Å². The first-order valence-corrected chi connectivity index (χ1v) is 6.20. The summed E-state index contributed by atoms with van der Waals surface area (Å²) in [6.07, 6.45) is 0. The summed E-state index contributed by atoms with van der Waals surface area (Å²) >= 11 is 0. The van der Waals surface area contributed by atoms with Gasteiger partial charge in [0.25, 0.3) is 5.56 Å². The summed E-state index contributed by atoms with van der Waals surface area (Å²) in [5, 5.41) is 6.34. The number of nitrogens with one attached hydrogen (secondary N) is 1. The largest absolute Gasteiger partial charge is 0.294 e. The van der Waals surface area contributed by atoms with Crippen molar-refractivity contribution >= 4 is 5.78 Å². The van der Waals surface area contributed by atoms with Crippen molar-refractivity contribution in [2.24, 2.45) is 0 Å². The number of Topliss-reactive ketones (excluding diaryl/α,β-unsaturated/α-hetero) is 1. The van der Waals surface area contributed by atoms with Crippen molar-refractivity contribution in [2.45, 2.75) is 26.7 Å². The summed E-state index contributed by atoms with van der Waals surface area (Å²) in [7, 11) is 0. The molecule has 0 atom stereocenters. The van der Waals surface area contributed by atoms with Gasteiger partial charge >= 0.3 is 0 Å². The van der Waals surface area contributed by atoms with E-state index < -0.39 is 5.56 Å². The number of hydrogen-bond donors (Lipinski definition) is 1. The molecule has 1 aromatic carbocycles. The number of nitrogens with zero attached hydrogens (tertiary/aromatic N) is 1. The molecule has 0 bridgehead atoms. The Morgan fingerprint density at radius 3 is 2.37 bits per heavy atom. The lowest BCUT2D eigenvalue weighted by atomic mass is 10.0. The average molecular weight is 256 g/mol. The fourth-order valence-corrected chi connectivity index (χ4v) is 1.85. The molecule has 0 amide bonds. The number of carbonyl (C=O) groups excluding carboxylic acids is 1. The zero-order chi connectivity index (χ0) is 14.0. The Bertz CT molecular complexity index is 655. The van der Waals surface area contributed by atoms with Crippen LogP contribution in [0.25, 0.3) is 11.3 Å². The first-order valence-electron chi connectivity index (χ1n) is 6.20. The fraction of sp³-hybridized carbons (Fsp3) is 0.267. The number of H-pyrrole nitrogens is 1. The molecule has 0 fully saturated rings. The van der Waals surface area contributed by atoms with Gasteiger partial charge in [-0.3, -0.25) is 9.59 Å². The summed E-state index contributed by atoms with van der Waals surface area (Å²) in [5.74, 6) is 0.203. The van der Waals surface area contributed by atoms with Gasteiger partial charge in [-0.1, -0.05) is 38.1 Å². The minimum Gasteiger partial charge on any atom is -0.294 e. The van der Waals surface area contributed by atoms with Gasteiger partial charge in [-0.05, 0) is 24.5 Å². The molecule has 2 rings (SSSR count). The highest BCUT2D eigenvalue weighted by molar-refractivity contribution is 5.94. The lowest BCUT2D eigenvalue weighted by Crippen LogP contribution is -2.17. The summed E-state index contributed by atoms with van der Waals surface area (Å²) in [4.78, 5) is 22.8.